The van der Waals surface area contributed by atoms with Crippen LogP contribution in [-0.2, 0) is 11.3 Å². The molecule has 1 aromatic heterocycles. The summed E-state index contributed by atoms with van der Waals surface area (Å²) in [6.07, 6.45) is 4.91. The molecule has 0 atom stereocenters. The first kappa shape index (κ1) is 19.1. The molecule has 0 saturated carbocycles. The zero-order valence-corrected chi connectivity index (χ0v) is 15.3. The summed E-state index contributed by atoms with van der Waals surface area (Å²) >= 11 is 6.21. The lowest BCUT2D eigenvalue weighted by atomic mass is 10.2. The number of hydrogen-bond donors (Lipinski definition) is 1. The molecule has 0 fully saturated rings. The number of unbranched alkanes of at least 4 members (excludes halogenated alkanes) is 2. The highest BCUT2D eigenvalue weighted by Gasteiger charge is 2.06. The molecule has 2 aromatic rings. The Balaban J connectivity index is 2.10. The molecule has 0 spiro atoms. The predicted octanol–water partition coefficient (Wildman–Crippen LogP) is 4.08. The zero-order valence-electron chi connectivity index (χ0n) is 14.5. The largest absolute Gasteiger partial charge is 0.493 e. The van der Waals surface area contributed by atoms with Crippen LogP contribution in [0.15, 0.2) is 41.3 Å². The maximum absolute atomic E-state index is 12.3. The molecule has 0 aliphatic heterocycles. The van der Waals surface area contributed by atoms with Crippen LogP contribution in [0.1, 0.15) is 38.7 Å². The number of rotatable bonds is 8. The van der Waals surface area contributed by atoms with E-state index in [0.29, 0.717) is 29.6 Å². The minimum Gasteiger partial charge on any atom is -0.493 e. The molecular weight excluding hydrogens is 340 g/mol. The Hall–Kier alpha value is -2.27. The summed E-state index contributed by atoms with van der Waals surface area (Å²) in [6.45, 7) is 4.51. The number of ether oxygens (including phenoxy) is 1. The second kappa shape index (κ2) is 9.28. The molecule has 1 amide bonds. The van der Waals surface area contributed by atoms with Crippen LogP contribution in [-0.4, -0.2) is 17.1 Å². The van der Waals surface area contributed by atoms with Crippen LogP contribution < -0.4 is 15.6 Å². The predicted molar refractivity (Wildman–Crippen MR) is 101 cm³/mol. The molecule has 1 aromatic carbocycles. The molecule has 0 saturated heterocycles. The smallest absolute Gasteiger partial charge is 0.254 e. The van der Waals surface area contributed by atoms with Gasteiger partial charge in [0.15, 0.2) is 0 Å². The van der Waals surface area contributed by atoms with E-state index in [0.717, 1.165) is 24.8 Å². The summed E-state index contributed by atoms with van der Waals surface area (Å²) in [5.41, 5.74) is 1.25. The lowest BCUT2D eigenvalue weighted by molar-refractivity contribution is -0.114. The highest BCUT2D eigenvalue weighted by atomic mass is 35.5. The number of aromatic nitrogens is 1. The van der Waals surface area contributed by atoms with Crippen molar-refractivity contribution in [3.05, 3.63) is 57.5 Å². The molecule has 0 aliphatic rings. The van der Waals surface area contributed by atoms with Gasteiger partial charge >= 0.3 is 0 Å². The van der Waals surface area contributed by atoms with E-state index in [1.165, 1.54) is 13.0 Å². The third-order valence-electron chi connectivity index (χ3n) is 3.69. The third-order valence-corrected chi connectivity index (χ3v) is 4.06. The zero-order chi connectivity index (χ0) is 18.2. The van der Waals surface area contributed by atoms with Gasteiger partial charge in [-0.15, -0.1) is 0 Å². The maximum atomic E-state index is 12.3. The van der Waals surface area contributed by atoms with E-state index in [2.05, 4.69) is 12.2 Å². The summed E-state index contributed by atoms with van der Waals surface area (Å²) in [4.78, 5) is 23.5. The van der Waals surface area contributed by atoms with Gasteiger partial charge in [0.2, 0.25) is 5.91 Å². The van der Waals surface area contributed by atoms with Crippen molar-refractivity contribution in [2.75, 3.05) is 11.9 Å². The van der Waals surface area contributed by atoms with Crippen molar-refractivity contribution >= 4 is 23.2 Å². The van der Waals surface area contributed by atoms with Crippen LogP contribution in [0.2, 0.25) is 5.02 Å². The number of carbonyl (C=O) groups excluding carboxylic acids is 1. The van der Waals surface area contributed by atoms with Gasteiger partial charge in [0.25, 0.3) is 5.56 Å². The van der Waals surface area contributed by atoms with Gasteiger partial charge in [-0.1, -0.05) is 31.4 Å². The molecule has 2 rings (SSSR count). The average Bonchev–Trinajstić information content (AvgIpc) is 2.56. The fourth-order valence-electron chi connectivity index (χ4n) is 2.41. The Labute approximate surface area is 152 Å². The summed E-state index contributed by atoms with van der Waals surface area (Å²) in [7, 11) is 0. The standard InChI is InChI=1S/C19H23ClN2O3/c1-3-4-5-10-25-17-8-9-22(19(24)12-17)13-15-11-16(21-14(2)23)6-7-18(15)20/h6-9,11-12H,3-5,10,13H2,1-2H3,(H,21,23). The van der Waals surface area contributed by atoms with Crippen molar-refractivity contribution in [1.82, 2.24) is 4.57 Å². The summed E-state index contributed by atoms with van der Waals surface area (Å²) in [5, 5.41) is 3.25. The van der Waals surface area contributed by atoms with Crippen molar-refractivity contribution < 1.29 is 9.53 Å². The van der Waals surface area contributed by atoms with Crippen molar-refractivity contribution in [2.45, 2.75) is 39.7 Å². The molecule has 5 nitrogen and oxygen atoms in total. The lowest BCUT2D eigenvalue weighted by Crippen LogP contribution is -2.19. The van der Waals surface area contributed by atoms with Gasteiger partial charge in [0.1, 0.15) is 5.75 Å². The first-order valence-corrected chi connectivity index (χ1v) is 8.76. The lowest BCUT2D eigenvalue weighted by Gasteiger charge is -2.11. The Bertz CT molecular complexity index is 786. The van der Waals surface area contributed by atoms with Crippen LogP contribution >= 0.6 is 11.6 Å². The average molecular weight is 363 g/mol. The third kappa shape index (κ3) is 5.94. The molecule has 1 heterocycles. The summed E-state index contributed by atoms with van der Waals surface area (Å²) in [6, 6.07) is 8.46. The number of anilines is 1. The number of nitrogens with one attached hydrogen (secondary N) is 1. The van der Waals surface area contributed by atoms with E-state index in [1.807, 2.05) is 0 Å². The van der Waals surface area contributed by atoms with Gasteiger partial charge in [-0.2, -0.15) is 0 Å². The van der Waals surface area contributed by atoms with E-state index in [4.69, 9.17) is 16.3 Å². The number of pyridine rings is 1. The van der Waals surface area contributed by atoms with Crippen molar-refractivity contribution in [1.29, 1.82) is 0 Å². The SMILES string of the molecule is CCCCCOc1ccn(Cc2cc(NC(C)=O)ccc2Cl)c(=O)c1. The van der Waals surface area contributed by atoms with Gasteiger partial charge < -0.3 is 14.6 Å². The quantitative estimate of drug-likeness (QED) is 0.720. The monoisotopic (exact) mass is 362 g/mol. The van der Waals surface area contributed by atoms with E-state index in [1.54, 1.807) is 35.0 Å². The first-order chi connectivity index (χ1) is 12.0. The first-order valence-electron chi connectivity index (χ1n) is 8.39. The van der Waals surface area contributed by atoms with Gasteiger partial charge in [-0.25, -0.2) is 0 Å². The number of halogens is 1. The van der Waals surface area contributed by atoms with E-state index in [9.17, 15) is 9.59 Å². The summed E-state index contributed by atoms with van der Waals surface area (Å²) in [5.74, 6) is 0.422. The molecule has 0 radical (unpaired) electrons. The molecule has 134 valence electrons. The van der Waals surface area contributed by atoms with Crippen LogP contribution in [0.4, 0.5) is 5.69 Å². The van der Waals surface area contributed by atoms with Crippen LogP contribution in [0, 0.1) is 0 Å². The topological polar surface area (TPSA) is 60.3 Å². The Morgan fingerprint density at radius 2 is 2.04 bits per heavy atom. The minimum atomic E-state index is -0.158. The molecule has 25 heavy (non-hydrogen) atoms. The Kier molecular flexibility index (Phi) is 7.07. The van der Waals surface area contributed by atoms with Crippen molar-refractivity contribution in [2.24, 2.45) is 0 Å². The van der Waals surface area contributed by atoms with E-state index >= 15 is 0 Å². The molecule has 0 unspecified atom stereocenters. The van der Waals surface area contributed by atoms with E-state index in [-0.39, 0.29) is 11.5 Å². The molecule has 6 heteroatoms. The van der Waals surface area contributed by atoms with Crippen molar-refractivity contribution in [3.63, 3.8) is 0 Å². The molecule has 0 bridgehead atoms. The highest BCUT2D eigenvalue weighted by Crippen LogP contribution is 2.21. The summed E-state index contributed by atoms with van der Waals surface area (Å²) < 4.78 is 7.15. The fraction of sp³-hybridized carbons (Fsp3) is 0.368. The number of amides is 1. The second-order valence-electron chi connectivity index (χ2n) is 5.87. The maximum Gasteiger partial charge on any atom is 0.254 e. The van der Waals surface area contributed by atoms with Gasteiger partial charge in [0, 0.05) is 29.9 Å². The molecular formula is C19H23ClN2O3. The van der Waals surface area contributed by atoms with Crippen LogP contribution in [0.25, 0.3) is 0 Å². The molecule has 1 N–H and O–H groups in total. The van der Waals surface area contributed by atoms with Gasteiger partial charge in [0.05, 0.1) is 13.2 Å². The van der Waals surface area contributed by atoms with Gasteiger partial charge in [-0.3, -0.25) is 9.59 Å². The normalized spacial score (nSPS) is 10.5. The second-order valence-corrected chi connectivity index (χ2v) is 6.28. The van der Waals surface area contributed by atoms with Crippen molar-refractivity contribution in [3.8, 4) is 5.75 Å². The minimum absolute atomic E-state index is 0.157. The number of benzene rings is 1. The van der Waals surface area contributed by atoms with Crippen LogP contribution in [0.3, 0.4) is 0 Å². The number of carbonyl (C=O) groups is 1. The fourth-order valence-corrected chi connectivity index (χ4v) is 2.59. The Morgan fingerprint density at radius 1 is 1.24 bits per heavy atom. The molecule has 0 aliphatic carbocycles. The number of hydrogen-bond acceptors (Lipinski definition) is 3. The highest BCUT2D eigenvalue weighted by molar-refractivity contribution is 6.31. The van der Waals surface area contributed by atoms with Gasteiger partial charge in [-0.05, 0) is 36.2 Å². The number of nitrogens with zero attached hydrogens (tertiary/aromatic N) is 1. The Morgan fingerprint density at radius 3 is 2.72 bits per heavy atom. The van der Waals surface area contributed by atoms with E-state index < -0.39 is 0 Å². The van der Waals surface area contributed by atoms with Crippen LogP contribution in [0.5, 0.6) is 5.75 Å².